The number of ketones is 1. The molecule has 1 unspecified atom stereocenters. The maximum absolute atomic E-state index is 12.6. The Morgan fingerprint density at radius 1 is 1.20 bits per heavy atom. The Morgan fingerprint density at radius 2 is 2.00 bits per heavy atom. The number of carbonyl (C=O) groups is 1. The van der Waals surface area contributed by atoms with Crippen LogP contribution in [0.5, 0.6) is 0 Å². The molecule has 0 radical (unpaired) electrons. The lowest BCUT2D eigenvalue weighted by atomic mass is 9.61. The number of ether oxygens (including phenoxy) is 3. The summed E-state index contributed by atoms with van der Waals surface area (Å²) in [7, 11) is 0. The van der Waals surface area contributed by atoms with Gasteiger partial charge in [-0.3, -0.25) is 4.79 Å². The average molecular weight is 280 g/mol. The van der Waals surface area contributed by atoms with Crippen molar-refractivity contribution < 1.29 is 19.0 Å². The molecule has 0 amide bonds. The van der Waals surface area contributed by atoms with Gasteiger partial charge in [-0.2, -0.15) is 0 Å². The minimum absolute atomic E-state index is 0.0554. The SMILES string of the molecule is CC1CC(=O)[C@H]2[C@@H](CC[C@H]3O[C@@H]4OC(C)(C)O[C@@H]4[C@H]23)C1. The van der Waals surface area contributed by atoms with E-state index in [1.807, 2.05) is 13.8 Å². The van der Waals surface area contributed by atoms with Crippen LogP contribution >= 0.6 is 0 Å². The van der Waals surface area contributed by atoms with Crippen molar-refractivity contribution in [2.45, 2.75) is 70.7 Å². The first kappa shape index (κ1) is 13.2. The minimum atomic E-state index is -0.585. The van der Waals surface area contributed by atoms with Gasteiger partial charge in [-0.15, -0.1) is 0 Å². The van der Waals surface area contributed by atoms with Gasteiger partial charge in [0.15, 0.2) is 12.1 Å². The van der Waals surface area contributed by atoms with Crippen molar-refractivity contribution in [2.75, 3.05) is 0 Å². The highest BCUT2D eigenvalue weighted by Gasteiger charge is 2.60. The molecule has 4 nitrogen and oxygen atoms in total. The zero-order chi connectivity index (χ0) is 14.1. The number of carbonyl (C=O) groups excluding carboxylic acids is 1. The Morgan fingerprint density at radius 3 is 2.80 bits per heavy atom. The van der Waals surface area contributed by atoms with E-state index in [9.17, 15) is 4.79 Å². The van der Waals surface area contributed by atoms with Crippen LogP contribution in [-0.4, -0.2) is 30.1 Å². The summed E-state index contributed by atoms with van der Waals surface area (Å²) in [6.07, 6.45) is 3.90. The molecule has 0 aromatic rings. The quantitative estimate of drug-likeness (QED) is 0.684. The average Bonchev–Trinajstić information content (AvgIpc) is 2.80. The van der Waals surface area contributed by atoms with E-state index in [-0.39, 0.29) is 30.3 Å². The molecular formula is C16H24O4. The predicted molar refractivity (Wildman–Crippen MR) is 71.8 cm³/mol. The fraction of sp³-hybridized carbons (Fsp3) is 0.938. The molecule has 0 bridgehead atoms. The number of Topliss-reactive ketones (excluding diaryl/α,β-unsaturated/α-hetero) is 1. The van der Waals surface area contributed by atoms with Crippen LogP contribution < -0.4 is 0 Å². The van der Waals surface area contributed by atoms with E-state index in [1.54, 1.807) is 0 Å². The summed E-state index contributed by atoms with van der Waals surface area (Å²) in [4.78, 5) is 12.6. The van der Waals surface area contributed by atoms with E-state index in [4.69, 9.17) is 14.2 Å². The van der Waals surface area contributed by atoms with E-state index in [1.165, 1.54) is 6.42 Å². The van der Waals surface area contributed by atoms with Crippen molar-refractivity contribution in [3.8, 4) is 0 Å². The fourth-order valence-corrected chi connectivity index (χ4v) is 4.99. The molecule has 4 aliphatic rings. The summed E-state index contributed by atoms with van der Waals surface area (Å²) in [5.74, 6) is 1.26. The molecule has 2 aliphatic heterocycles. The second-order valence-corrected chi connectivity index (χ2v) is 7.59. The van der Waals surface area contributed by atoms with Crippen molar-refractivity contribution >= 4 is 5.78 Å². The third-order valence-corrected chi connectivity index (χ3v) is 5.58. The smallest absolute Gasteiger partial charge is 0.187 e. The highest BCUT2D eigenvalue weighted by Crippen LogP contribution is 2.53. The predicted octanol–water partition coefficient (Wildman–Crippen LogP) is 2.50. The van der Waals surface area contributed by atoms with E-state index in [0.717, 1.165) is 19.3 Å². The van der Waals surface area contributed by atoms with Gasteiger partial charge in [-0.25, -0.2) is 0 Å². The second kappa shape index (κ2) is 4.28. The third kappa shape index (κ3) is 1.88. The van der Waals surface area contributed by atoms with Crippen LogP contribution in [0.15, 0.2) is 0 Å². The first-order valence-electron chi connectivity index (χ1n) is 7.98. The highest BCUT2D eigenvalue weighted by molar-refractivity contribution is 5.83. The van der Waals surface area contributed by atoms with Gasteiger partial charge in [0.2, 0.25) is 0 Å². The van der Waals surface area contributed by atoms with Crippen molar-refractivity contribution in [2.24, 2.45) is 23.7 Å². The van der Waals surface area contributed by atoms with Crippen molar-refractivity contribution in [3.05, 3.63) is 0 Å². The van der Waals surface area contributed by atoms with E-state index in [0.29, 0.717) is 17.6 Å². The molecule has 0 aromatic carbocycles. The molecule has 112 valence electrons. The number of hydrogen-bond acceptors (Lipinski definition) is 4. The Kier molecular flexibility index (Phi) is 2.83. The normalized spacial score (nSPS) is 53.4. The maximum Gasteiger partial charge on any atom is 0.187 e. The van der Waals surface area contributed by atoms with Gasteiger partial charge in [0.1, 0.15) is 11.9 Å². The summed E-state index contributed by atoms with van der Waals surface area (Å²) in [6.45, 7) is 6.05. The summed E-state index contributed by atoms with van der Waals surface area (Å²) < 4.78 is 18.0. The van der Waals surface area contributed by atoms with Crippen LogP contribution in [0.1, 0.15) is 46.5 Å². The van der Waals surface area contributed by atoms with Crippen molar-refractivity contribution in [1.82, 2.24) is 0 Å². The van der Waals surface area contributed by atoms with Crippen molar-refractivity contribution in [3.63, 3.8) is 0 Å². The first-order chi connectivity index (χ1) is 9.44. The molecule has 4 fully saturated rings. The van der Waals surface area contributed by atoms with E-state index in [2.05, 4.69) is 6.92 Å². The van der Waals surface area contributed by atoms with Gasteiger partial charge < -0.3 is 14.2 Å². The minimum Gasteiger partial charge on any atom is -0.346 e. The second-order valence-electron chi connectivity index (χ2n) is 7.59. The zero-order valence-corrected chi connectivity index (χ0v) is 12.5. The Labute approximate surface area is 120 Å². The number of hydrogen-bond donors (Lipinski definition) is 0. The third-order valence-electron chi connectivity index (χ3n) is 5.58. The van der Waals surface area contributed by atoms with E-state index < -0.39 is 5.79 Å². The van der Waals surface area contributed by atoms with Gasteiger partial charge >= 0.3 is 0 Å². The first-order valence-corrected chi connectivity index (χ1v) is 7.98. The van der Waals surface area contributed by atoms with E-state index >= 15 is 0 Å². The lowest BCUT2D eigenvalue weighted by Gasteiger charge is -2.44. The Bertz CT molecular complexity index is 432. The molecule has 2 aliphatic carbocycles. The largest absolute Gasteiger partial charge is 0.346 e. The Balaban J connectivity index is 1.63. The molecule has 0 aromatic heterocycles. The molecule has 2 saturated carbocycles. The van der Waals surface area contributed by atoms with Crippen LogP contribution in [0, 0.1) is 23.7 Å². The van der Waals surface area contributed by atoms with Crippen LogP contribution in [0.2, 0.25) is 0 Å². The molecule has 0 spiro atoms. The summed E-state index contributed by atoms with van der Waals surface area (Å²) in [5, 5.41) is 0. The topological polar surface area (TPSA) is 44.8 Å². The molecule has 4 heteroatoms. The van der Waals surface area contributed by atoms with Crippen LogP contribution in [0.25, 0.3) is 0 Å². The molecule has 7 atom stereocenters. The van der Waals surface area contributed by atoms with Crippen LogP contribution in [0.3, 0.4) is 0 Å². The van der Waals surface area contributed by atoms with Crippen LogP contribution in [0.4, 0.5) is 0 Å². The van der Waals surface area contributed by atoms with Gasteiger partial charge in [-0.1, -0.05) is 6.92 Å². The van der Waals surface area contributed by atoms with Crippen LogP contribution in [-0.2, 0) is 19.0 Å². The monoisotopic (exact) mass is 280 g/mol. The molecule has 4 rings (SSSR count). The lowest BCUT2D eigenvalue weighted by Crippen LogP contribution is -2.48. The highest BCUT2D eigenvalue weighted by atomic mass is 16.8. The Hall–Kier alpha value is -0.450. The molecule has 20 heavy (non-hydrogen) atoms. The van der Waals surface area contributed by atoms with Gasteiger partial charge in [0.05, 0.1) is 6.10 Å². The molecule has 2 heterocycles. The van der Waals surface area contributed by atoms with Gasteiger partial charge in [0.25, 0.3) is 0 Å². The van der Waals surface area contributed by atoms with Gasteiger partial charge in [-0.05, 0) is 44.9 Å². The standard InChI is InChI=1S/C16H24O4/c1-8-6-9-4-5-11-13(12(9)10(17)7-8)14-15(18-11)20-16(2,3)19-14/h8-9,11-15H,4-7H2,1-3H3/t8?,9-,11+,12+,13-,14+,15+/m0/s1. The molecule has 2 saturated heterocycles. The van der Waals surface area contributed by atoms with Gasteiger partial charge in [0, 0.05) is 18.3 Å². The summed E-state index contributed by atoms with van der Waals surface area (Å²) in [5.41, 5.74) is 0. The number of rotatable bonds is 0. The summed E-state index contributed by atoms with van der Waals surface area (Å²) in [6, 6.07) is 0. The fourth-order valence-electron chi connectivity index (χ4n) is 4.99. The lowest BCUT2D eigenvalue weighted by molar-refractivity contribution is -0.218. The maximum atomic E-state index is 12.6. The number of fused-ring (bicyclic) bond motifs is 5. The molecule has 0 N–H and O–H groups in total. The zero-order valence-electron chi connectivity index (χ0n) is 12.5. The van der Waals surface area contributed by atoms with Crippen molar-refractivity contribution in [1.29, 1.82) is 0 Å². The summed E-state index contributed by atoms with van der Waals surface area (Å²) >= 11 is 0. The molecular weight excluding hydrogens is 256 g/mol.